The summed E-state index contributed by atoms with van der Waals surface area (Å²) in [6, 6.07) is 13.3. The number of para-hydroxylation sites is 1. The summed E-state index contributed by atoms with van der Waals surface area (Å²) in [4.78, 5) is 12.2. The summed E-state index contributed by atoms with van der Waals surface area (Å²) in [5.41, 5.74) is 8.36. The number of hydrogen-bond acceptors (Lipinski definition) is 6. The van der Waals surface area contributed by atoms with Crippen molar-refractivity contribution in [2.75, 3.05) is 25.3 Å². The quantitative estimate of drug-likeness (QED) is 0.484. The van der Waals surface area contributed by atoms with Crippen LogP contribution in [0.5, 0.6) is 11.5 Å². The molecule has 0 aliphatic rings. The van der Waals surface area contributed by atoms with Gasteiger partial charge in [0.05, 0.1) is 14.2 Å². The third kappa shape index (κ3) is 5.81. The van der Waals surface area contributed by atoms with Crippen LogP contribution in [0.4, 0.5) is 11.4 Å². The number of nitrogens with one attached hydrogen (secondary N) is 1. The van der Waals surface area contributed by atoms with E-state index in [4.69, 9.17) is 19.9 Å². The number of nitrogens with two attached hydrogens (primary N) is 1. The molecule has 0 aromatic heterocycles. The van der Waals surface area contributed by atoms with E-state index in [0.717, 1.165) is 24.1 Å². The lowest BCUT2D eigenvalue weighted by Gasteiger charge is -2.22. The molecule has 0 aliphatic carbocycles. The van der Waals surface area contributed by atoms with E-state index in [-0.39, 0.29) is 0 Å². The maximum atomic E-state index is 12.2. The average Bonchev–Trinajstić information content (AvgIpc) is 2.70. The number of nitrogen functional groups attached to an aromatic ring is 1. The average molecular weight is 372 g/mol. The molecule has 0 heterocycles. The summed E-state index contributed by atoms with van der Waals surface area (Å²) >= 11 is 0. The van der Waals surface area contributed by atoms with Gasteiger partial charge >= 0.3 is 5.97 Å². The minimum Gasteiger partial charge on any atom is -0.493 e. The molecule has 0 aliphatic heterocycles. The van der Waals surface area contributed by atoms with Crippen molar-refractivity contribution >= 4 is 17.3 Å². The molecule has 0 bridgehead atoms. The van der Waals surface area contributed by atoms with Crippen molar-refractivity contribution in [3.8, 4) is 11.5 Å². The van der Waals surface area contributed by atoms with Crippen molar-refractivity contribution in [3.05, 3.63) is 48.0 Å². The number of methoxy groups -OCH3 is 2. The van der Waals surface area contributed by atoms with Gasteiger partial charge in [0.1, 0.15) is 0 Å². The molecule has 0 amide bonds. The highest BCUT2D eigenvalue weighted by Crippen LogP contribution is 2.36. The van der Waals surface area contributed by atoms with Crippen molar-refractivity contribution in [2.45, 2.75) is 38.8 Å². The van der Waals surface area contributed by atoms with Crippen LogP contribution in [0.15, 0.2) is 42.5 Å². The molecule has 0 saturated heterocycles. The Morgan fingerprint density at radius 2 is 1.93 bits per heavy atom. The molecular weight excluding hydrogens is 344 g/mol. The van der Waals surface area contributed by atoms with Crippen LogP contribution in [-0.2, 0) is 16.1 Å². The predicted molar refractivity (Wildman–Crippen MR) is 107 cm³/mol. The number of unbranched alkanes of at least 4 members (excludes halogenated alkanes) is 1. The molecule has 0 radical (unpaired) electrons. The van der Waals surface area contributed by atoms with Crippen LogP contribution in [-0.4, -0.2) is 26.3 Å². The molecule has 6 nitrogen and oxygen atoms in total. The first-order valence-electron chi connectivity index (χ1n) is 9.08. The topological polar surface area (TPSA) is 82.8 Å². The van der Waals surface area contributed by atoms with E-state index in [1.165, 1.54) is 7.11 Å². The Labute approximate surface area is 160 Å². The van der Waals surface area contributed by atoms with Crippen molar-refractivity contribution in [2.24, 2.45) is 0 Å². The van der Waals surface area contributed by atoms with Gasteiger partial charge in [0.15, 0.2) is 17.6 Å². The van der Waals surface area contributed by atoms with Crippen LogP contribution in [0.2, 0.25) is 0 Å². The third-order valence-corrected chi connectivity index (χ3v) is 4.17. The van der Waals surface area contributed by atoms with Crippen molar-refractivity contribution in [1.82, 2.24) is 0 Å². The molecule has 1 unspecified atom stereocenters. The Morgan fingerprint density at radius 3 is 2.56 bits per heavy atom. The normalized spacial score (nSPS) is 11.5. The summed E-state index contributed by atoms with van der Waals surface area (Å²) in [5, 5.41) is 3.33. The zero-order valence-corrected chi connectivity index (χ0v) is 16.2. The van der Waals surface area contributed by atoms with Gasteiger partial charge < -0.3 is 25.3 Å². The first-order valence-corrected chi connectivity index (χ1v) is 9.08. The summed E-state index contributed by atoms with van der Waals surface area (Å²) in [7, 11) is 2.91. The fourth-order valence-corrected chi connectivity index (χ4v) is 2.74. The molecule has 27 heavy (non-hydrogen) atoms. The molecule has 2 aromatic rings. The highest BCUT2D eigenvalue weighted by molar-refractivity contribution is 5.75. The second-order valence-electron chi connectivity index (χ2n) is 6.20. The van der Waals surface area contributed by atoms with Crippen molar-refractivity contribution in [1.29, 1.82) is 0 Å². The van der Waals surface area contributed by atoms with Crippen LogP contribution in [0, 0.1) is 0 Å². The van der Waals surface area contributed by atoms with Gasteiger partial charge in [0.25, 0.3) is 0 Å². The zero-order valence-electron chi connectivity index (χ0n) is 16.2. The van der Waals surface area contributed by atoms with Crippen LogP contribution in [0.3, 0.4) is 0 Å². The summed E-state index contributed by atoms with van der Waals surface area (Å²) in [6.07, 6.45) is 1.69. The van der Waals surface area contributed by atoms with Gasteiger partial charge in [-0.3, -0.25) is 0 Å². The Morgan fingerprint density at radius 1 is 1.19 bits per heavy atom. The number of esters is 1. The lowest BCUT2D eigenvalue weighted by Crippen LogP contribution is -2.29. The van der Waals surface area contributed by atoms with Gasteiger partial charge in [0, 0.05) is 29.5 Å². The number of anilines is 2. The zero-order chi connectivity index (χ0) is 19.6. The number of carbonyl (C=O) groups is 1. The SMILES string of the molecule is CCCCC(Oc1c(CNc2ccccc2)cc(N)cc1OC)C(=O)OC. The second-order valence-corrected chi connectivity index (χ2v) is 6.20. The van der Waals surface area contributed by atoms with Gasteiger partial charge in [-0.15, -0.1) is 0 Å². The molecule has 3 N–H and O–H groups in total. The fraction of sp³-hybridized carbons (Fsp3) is 0.381. The van der Waals surface area contributed by atoms with E-state index in [0.29, 0.717) is 30.2 Å². The van der Waals surface area contributed by atoms with E-state index in [1.54, 1.807) is 13.2 Å². The minimum absolute atomic E-state index is 0.399. The van der Waals surface area contributed by atoms with Crippen molar-refractivity contribution < 1.29 is 19.0 Å². The highest BCUT2D eigenvalue weighted by Gasteiger charge is 2.24. The van der Waals surface area contributed by atoms with E-state index in [1.807, 2.05) is 36.4 Å². The lowest BCUT2D eigenvalue weighted by atomic mass is 10.1. The lowest BCUT2D eigenvalue weighted by molar-refractivity contribution is -0.149. The van der Waals surface area contributed by atoms with Crippen LogP contribution in [0.25, 0.3) is 0 Å². The molecular formula is C21H28N2O4. The molecule has 0 fully saturated rings. The van der Waals surface area contributed by atoms with Gasteiger partial charge in [0.2, 0.25) is 0 Å². The van der Waals surface area contributed by atoms with Gasteiger partial charge in [-0.25, -0.2) is 4.79 Å². The third-order valence-electron chi connectivity index (χ3n) is 4.17. The minimum atomic E-state index is -0.692. The Balaban J connectivity index is 2.29. The van der Waals surface area contributed by atoms with E-state index < -0.39 is 12.1 Å². The first kappa shape index (κ1) is 20.4. The Kier molecular flexibility index (Phi) is 7.79. The first-order chi connectivity index (χ1) is 13.1. The van der Waals surface area contributed by atoms with Crippen LogP contribution >= 0.6 is 0 Å². The van der Waals surface area contributed by atoms with E-state index in [2.05, 4.69) is 12.2 Å². The van der Waals surface area contributed by atoms with Crippen LogP contribution < -0.4 is 20.5 Å². The van der Waals surface area contributed by atoms with Gasteiger partial charge in [-0.05, 0) is 31.0 Å². The molecule has 146 valence electrons. The van der Waals surface area contributed by atoms with Crippen molar-refractivity contribution in [3.63, 3.8) is 0 Å². The maximum absolute atomic E-state index is 12.2. The molecule has 2 rings (SSSR count). The maximum Gasteiger partial charge on any atom is 0.347 e. The summed E-state index contributed by atoms with van der Waals surface area (Å²) < 4.78 is 16.4. The largest absolute Gasteiger partial charge is 0.493 e. The van der Waals surface area contributed by atoms with Gasteiger partial charge in [-0.1, -0.05) is 31.5 Å². The summed E-state index contributed by atoms with van der Waals surface area (Å²) in [5.74, 6) is 0.594. The molecule has 6 heteroatoms. The molecule has 2 aromatic carbocycles. The second kappa shape index (κ2) is 10.3. The predicted octanol–water partition coefficient (Wildman–Crippen LogP) is 4.00. The van der Waals surface area contributed by atoms with Crippen LogP contribution in [0.1, 0.15) is 31.7 Å². The number of rotatable bonds is 10. The number of carbonyl (C=O) groups excluding carboxylic acids is 1. The Hall–Kier alpha value is -2.89. The standard InChI is InChI=1S/C21H28N2O4/c1-4-5-11-18(21(24)26-3)27-20-15(12-16(22)13-19(20)25-2)14-23-17-9-7-6-8-10-17/h6-10,12-13,18,23H,4-5,11,14,22H2,1-3H3. The molecule has 0 saturated carbocycles. The summed E-state index contributed by atoms with van der Waals surface area (Å²) in [6.45, 7) is 2.54. The fourth-order valence-electron chi connectivity index (χ4n) is 2.74. The highest BCUT2D eigenvalue weighted by atomic mass is 16.6. The monoisotopic (exact) mass is 372 g/mol. The number of ether oxygens (including phenoxy) is 3. The number of hydrogen-bond donors (Lipinski definition) is 2. The van der Waals surface area contributed by atoms with E-state index in [9.17, 15) is 4.79 Å². The Bertz CT molecular complexity index is 734. The molecule has 0 spiro atoms. The smallest absolute Gasteiger partial charge is 0.347 e. The number of benzene rings is 2. The van der Waals surface area contributed by atoms with E-state index >= 15 is 0 Å². The molecule has 1 atom stereocenters. The van der Waals surface area contributed by atoms with Gasteiger partial charge in [-0.2, -0.15) is 0 Å².